The highest BCUT2D eigenvalue weighted by Crippen LogP contribution is 2.24. The van der Waals surface area contributed by atoms with E-state index in [4.69, 9.17) is 16.3 Å². The standard InChI is InChI=1S/C24H32ClN3O4S/c1-4-28(5-2)33(30,31)21-9-10-23(25)22(16-21)24(29)26-19-11-13-27(14-12-19)17-18-7-6-8-20(15-18)32-3/h6-10,15-16,19H,4-5,11-14,17H2,1-3H3,(H,26,29). The van der Waals surface area contributed by atoms with Gasteiger partial charge in [-0.3, -0.25) is 9.69 Å². The summed E-state index contributed by atoms with van der Waals surface area (Å²) in [4.78, 5) is 15.4. The van der Waals surface area contributed by atoms with Crippen molar-refractivity contribution >= 4 is 27.5 Å². The molecular formula is C24H32ClN3O4S. The molecule has 1 aliphatic heterocycles. The Morgan fingerprint density at radius 1 is 1.15 bits per heavy atom. The number of amides is 1. The largest absolute Gasteiger partial charge is 0.497 e. The van der Waals surface area contributed by atoms with E-state index in [0.29, 0.717) is 13.1 Å². The van der Waals surface area contributed by atoms with E-state index < -0.39 is 10.0 Å². The SMILES string of the molecule is CCN(CC)S(=O)(=O)c1ccc(Cl)c(C(=O)NC2CCN(Cc3cccc(OC)c3)CC2)c1. The zero-order valence-corrected chi connectivity index (χ0v) is 21.0. The van der Waals surface area contributed by atoms with Crippen LogP contribution in [0.1, 0.15) is 42.6 Å². The van der Waals surface area contributed by atoms with Gasteiger partial charge in [0.15, 0.2) is 0 Å². The van der Waals surface area contributed by atoms with Crippen molar-refractivity contribution in [1.29, 1.82) is 0 Å². The molecule has 1 fully saturated rings. The molecule has 2 aromatic carbocycles. The molecule has 7 nitrogen and oxygen atoms in total. The number of ether oxygens (including phenoxy) is 1. The van der Waals surface area contributed by atoms with Crippen LogP contribution in [0.25, 0.3) is 0 Å². The monoisotopic (exact) mass is 493 g/mol. The van der Waals surface area contributed by atoms with Crippen LogP contribution in [-0.4, -0.2) is 62.9 Å². The fourth-order valence-corrected chi connectivity index (χ4v) is 5.77. The van der Waals surface area contributed by atoms with Crippen molar-refractivity contribution in [2.45, 2.75) is 44.2 Å². The molecule has 0 bridgehead atoms. The minimum atomic E-state index is -3.67. The molecule has 0 unspecified atom stereocenters. The van der Waals surface area contributed by atoms with E-state index in [1.54, 1.807) is 21.0 Å². The summed E-state index contributed by atoms with van der Waals surface area (Å²) < 4.78 is 32.3. The van der Waals surface area contributed by atoms with Gasteiger partial charge in [0.1, 0.15) is 5.75 Å². The first-order valence-corrected chi connectivity index (χ1v) is 13.1. The number of nitrogens with one attached hydrogen (secondary N) is 1. The number of nitrogens with zero attached hydrogens (tertiary/aromatic N) is 2. The summed E-state index contributed by atoms with van der Waals surface area (Å²) in [5.41, 5.74) is 1.37. The van der Waals surface area contributed by atoms with Gasteiger partial charge in [-0.15, -0.1) is 0 Å². The van der Waals surface area contributed by atoms with Crippen LogP contribution in [0.2, 0.25) is 5.02 Å². The lowest BCUT2D eigenvalue weighted by Gasteiger charge is -2.32. The molecule has 0 atom stereocenters. The molecule has 180 valence electrons. The van der Waals surface area contributed by atoms with Crippen molar-refractivity contribution in [2.75, 3.05) is 33.3 Å². The first-order chi connectivity index (χ1) is 15.8. The lowest BCUT2D eigenvalue weighted by atomic mass is 10.0. The number of rotatable bonds is 9. The molecule has 0 radical (unpaired) electrons. The van der Waals surface area contributed by atoms with Crippen LogP contribution in [0.3, 0.4) is 0 Å². The molecule has 0 saturated carbocycles. The molecular weight excluding hydrogens is 462 g/mol. The predicted octanol–water partition coefficient (Wildman–Crippen LogP) is 3.77. The first kappa shape index (κ1) is 25.5. The molecule has 0 aromatic heterocycles. The highest BCUT2D eigenvalue weighted by Gasteiger charge is 2.26. The van der Waals surface area contributed by atoms with Gasteiger partial charge in [-0.1, -0.05) is 37.6 Å². The number of sulfonamides is 1. The number of likely N-dealkylation sites (tertiary alicyclic amines) is 1. The normalized spacial score (nSPS) is 15.5. The summed E-state index contributed by atoms with van der Waals surface area (Å²) in [6, 6.07) is 12.3. The number of carbonyl (C=O) groups excluding carboxylic acids is 1. The van der Waals surface area contributed by atoms with Gasteiger partial charge < -0.3 is 10.1 Å². The van der Waals surface area contributed by atoms with E-state index in [0.717, 1.165) is 38.2 Å². The van der Waals surface area contributed by atoms with Crippen LogP contribution in [0.4, 0.5) is 0 Å². The number of piperidine rings is 1. The molecule has 0 aliphatic carbocycles. The highest BCUT2D eigenvalue weighted by molar-refractivity contribution is 7.89. The molecule has 3 rings (SSSR count). The molecule has 1 heterocycles. The number of benzene rings is 2. The summed E-state index contributed by atoms with van der Waals surface area (Å²) in [5.74, 6) is 0.500. The Bertz CT molecular complexity index is 1070. The van der Waals surface area contributed by atoms with Crippen molar-refractivity contribution in [1.82, 2.24) is 14.5 Å². The fraction of sp³-hybridized carbons (Fsp3) is 0.458. The Hall–Kier alpha value is -2.13. The third-order valence-electron chi connectivity index (χ3n) is 5.99. The third kappa shape index (κ3) is 6.26. The zero-order chi connectivity index (χ0) is 24.0. The van der Waals surface area contributed by atoms with E-state index in [2.05, 4.69) is 16.3 Å². The second-order valence-corrected chi connectivity index (χ2v) is 10.5. The van der Waals surface area contributed by atoms with Crippen molar-refractivity contribution in [3.05, 3.63) is 58.6 Å². The molecule has 1 aliphatic rings. The van der Waals surface area contributed by atoms with Crippen molar-refractivity contribution in [3.63, 3.8) is 0 Å². The van der Waals surface area contributed by atoms with E-state index in [1.807, 2.05) is 18.2 Å². The molecule has 0 spiro atoms. The Labute approximate surface area is 201 Å². The second kappa shape index (κ2) is 11.3. The van der Waals surface area contributed by atoms with Crippen LogP contribution in [-0.2, 0) is 16.6 Å². The van der Waals surface area contributed by atoms with Crippen LogP contribution in [0.5, 0.6) is 5.75 Å². The highest BCUT2D eigenvalue weighted by atomic mass is 35.5. The maximum atomic E-state index is 12.9. The van der Waals surface area contributed by atoms with E-state index in [1.165, 1.54) is 28.1 Å². The fourth-order valence-electron chi connectivity index (χ4n) is 4.08. The molecule has 1 saturated heterocycles. The van der Waals surface area contributed by atoms with Crippen molar-refractivity contribution in [2.24, 2.45) is 0 Å². The minimum absolute atomic E-state index is 0.0122. The van der Waals surface area contributed by atoms with Crippen LogP contribution < -0.4 is 10.1 Å². The van der Waals surface area contributed by atoms with Gasteiger partial charge in [0, 0.05) is 38.8 Å². The average molecular weight is 494 g/mol. The molecule has 33 heavy (non-hydrogen) atoms. The summed E-state index contributed by atoms with van der Waals surface area (Å²) in [7, 11) is -2.01. The van der Waals surface area contributed by atoms with E-state index in [-0.39, 0.29) is 27.4 Å². The molecule has 9 heteroatoms. The van der Waals surface area contributed by atoms with Crippen molar-refractivity contribution in [3.8, 4) is 5.75 Å². The zero-order valence-electron chi connectivity index (χ0n) is 19.4. The van der Waals surface area contributed by atoms with Gasteiger partial charge in [-0.2, -0.15) is 4.31 Å². The smallest absolute Gasteiger partial charge is 0.253 e. The van der Waals surface area contributed by atoms with Crippen LogP contribution in [0.15, 0.2) is 47.4 Å². The number of carbonyl (C=O) groups is 1. The quantitative estimate of drug-likeness (QED) is 0.575. The Kier molecular flexibility index (Phi) is 8.75. The maximum Gasteiger partial charge on any atom is 0.253 e. The lowest BCUT2D eigenvalue weighted by Crippen LogP contribution is -2.44. The van der Waals surface area contributed by atoms with E-state index in [9.17, 15) is 13.2 Å². The summed E-state index contributed by atoms with van der Waals surface area (Å²) in [5, 5.41) is 3.27. The van der Waals surface area contributed by atoms with Gasteiger partial charge in [-0.05, 0) is 48.7 Å². The van der Waals surface area contributed by atoms with Crippen LogP contribution >= 0.6 is 11.6 Å². The minimum Gasteiger partial charge on any atom is -0.497 e. The molecule has 1 N–H and O–H groups in total. The van der Waals surface area contributed by atoms with Gasteiger partial charge in [-0.25, -0.2) is 8.42 Å². The van der Waals surface area contributed by atoms with Gasteiger partial charge in [0.25, 0.3) is 5.91 Å². The Balaban J connectivity index is 1.62. The summed E-state index contributed by atoms with van der Waals surface area (Å²) in [6.45, 7) is 6.82. The number of methoxy groups -OCH3 is 1. The van der Waals surface area contributed by atoms with Crippen LogP contribution in [0, 0.1) is 0 Å². The third-order valence-corrected chi connectivity index (χ3v) is 8.36. The van der Waals surface area contributed by atoms with E-state index >= 15 is 0 Å². The van der Waals surface area contributed by atoms with Gasteiger partial charge in [0.05, 0.1) is 22.6 Å². The average Bonchev–Trinajstić information content (AvgIpc) is 2.81. The summed E-state index contributed by atoms with van der Waals surface area (Å²) >= 11 is 6.26. The number of hydrogen-bond acceptors (Lipinski definition) is 5. The Morgan fingerprint density at radius 2 is 1.85 bits per heavy atom. The number of halogens is 1. The molecule has 2 aromatic rings. The summed E-state index contributed by atoms with van der Waals surface area (Å²) in [6.07, 6.45) is 1.62. The topological polar surface area (TPSA) is 79.0 Å². The van der Waals surface area contributed by atoms with Crippen molar-refractivity contribution < 1.29 is 17.9 Å². The second-order valence-electron chi connectivity index (χ2n) is 8.11. The van der Waals surface area contributed by atoms with Gasteiger partial charge >= 0.3 is 0 Å². The molecule has 1 amide bonds. The first-order valence-electron chi connectivity index (χ1n) is 11.2. The predicted molar refractivity (Wildman–Crippen MR) is 130 cm³/mol. The van der Waals surface area contributed by atoms with Gasteiger partial charge in [0.2, 0.25) is 10.0 Å². The Morgan fingerprint density at radius 3 is 2.48 bits per heavy atom. The lowest BCUT2D eigenvalue weighted by molar-refractivity contribution is 0.0909. The maximum absolute atomic E-state index is 12.9. The number of hydrogen-bond donors (Lipinski definition) is 1.